The second-order valence-electron chi connectivity index (χ2n) is 4.49. The zero-order valence-electron chi connectivity index (χ0n) is 11.0. The van der Waals surface area contributed by atoms with Crippen LogP contribution in [0.25, 0.3) is 10.9 Å². The molecule has 0 fully saturated rings. The van der Waals surface area contributed by atoms with E-state index in [0.29, 0.717) is 5.69 Å². The van der Waals surface area contributed by atoms with E-state index in [0.717, 1.165) is 22.3 Å². The summed E-state index contributed by atoms with van der Waals surface area (Å²) in [5.41, 5.74) is 2.95. The van der Waals surface area contributed by atoms with E-state index < -0.39 is 0 Å². The molecule has 0 spiro atoms. The van der Waals surface area contributed by atoms with Gasteiger partial charge in [0.1, 0.15) is 5.69 Å². The minimum Gasteiger partial charge on any atom is -0.320 e. The molecule has 0 aliphatic heterocycles. The van der Waals surface area contributed by atoms with Crippen LogP contribution < -0.4 is 5.32 Å². The van der Waals surface area contributed by atoms with E-state index in [9.17, 15) is 4.79 Å². The number of aryl methyl sites for hydroxylation is 1. The number of nitrogens with zero attached hydrogens (tertiary/aromatic N) is 2. The predicted molar refractivity (Wildman–Crippen MR) is 78.7 cm³/mol. The van der Waals surface area contributed by atoms with Crippen LogP contribution in [0.2, 0.25) is 0 Å². The SMILES string of the molecule is Cc1ccc2c(NC(=O)c3ccccn3)cccc2n1. The summed E-state index contributed by atoms with van der Waals surface area (Å²) in [6, 6.07) is 14.8. The molecular formula is C16H13N3O. The molecule has 2 aromatic heterocycles. The smallest absolute Gasteiger partial charge is 0.274 e. The van der Waals surface area contributed by atoms with Crippen molar-refractivity contribution in [3.05, 3.63) is 66.1 Å². The largest absolute Gasteiger partial charge is 0.320 e. The topological polar surface area (TPSA) is 54.9 Å². The summed E-state index contributed by atoms with van der Waals surface area (Å²) in [6.07, 6.45) is 1.60. The van der Waals surface area contributed by atoms with Gasteiger partial charge in [0.2, 0.25) is 0 Å². The molecule has 3 aromatic rings. The number of rotatable bonds is 2. The molecule has 1 N–H and O–H groups in total. The van der Waals surface area contributed by atoms with Gasteiger partial charge in [-0.3, -0.25) is 14.8 Å². The number of anilines is 1. The summed E-state index contributed by atoms with van der Waals surface area (Å²) in [4.78, 5) is 20.6. The number of fused-ring (bicyclic) bond motifs is 1. The third-order valence-electron chi connectivity index (χ3n) is 3.02. The normalized spacial score (nSPS) is 10.4. The number of nitrogens with one attached hydrogen (secondary N) is 1. The summed E-state index contributed by atoms with van der Waals surface area (Å²) >= 11 is 0. The Labute approximate surface area is 116 Å². The molecule has 0 saturated carbocycles. The van der Waals surface area contributed by atoms with Crippen molar-refractivity contribution in [1.29, 1.82) is 0 Å². The molecule has 98 valence electrons. The van der Waals surface area contributed by atoms with Crippen LogP contribution in [-0.2, 0) is 0 Å². The second-order valence-corrected chi connectivity index (χ2v) is 4.49. The summed E-state index contributed by atoms with van der Waals surface area (Å²) < 4.78 is 0. The fourth-order valence-corrected chi connectivity index (χ4v) is 2.05. The Hall–Kier alpha value is -2.75. The molecule has 2 heterocycles. The van der Waals surface area contributed by atoms with E-state index in [2.05, 4.69) is 15.3 Å². The van der Waals surface area contributed by atoms with Gasteiger partial charge in [0.25, 0.3) is 5.91 Å². The standard InChI is InChI=1S/C16H13N3O/c1-11-8-9-12-13(18-11)6-4-7-14(12)19-16(20)15-5-2-3-10-17-15/h2-10H,1H3,(H,19,20). The Morgan fingerprint density at radius 1 is 1.05 bits per heavy atom. The van der Waals surface area contributed by atoms with Crippen LogP contribution in [0.4, 0.5) is 5.69 Å². The second kappa shape index (κ2) is 5.09. The first kappa shape index (κ1) is 12.3. The molecule has 0 saturated heterocycles. The Kier molecular flexibility index (Phi) is 3.13. The van der Waals surface area contributed by atoms with Crippen molar-refractivity contribution in [2.75, 3.05) is 5.32 Å². The maximum absolute atomic E-state index is 12.1. The minimum atomic E-state index is -0.223. The van der Waals surface area contributed by atoms with Crippen molar-refractivity contribution in [1.82, 2.24) is 9.97 Å². The highest BCUT2D eigenvalue weighted by molar-refractivity contribution is 6.07. The highest BCUT2D eigenvalue weighted by Crippen LogP contribution is 2.22. The van der Waals surface area contributed by atoms with Gasteiger partial charge in [-0.25, -0.2) is 0 Å². The lowest BCUT2D eigenvalue weighted by Gasteiger charge is -2.08. The first-order valence-corrected chi connectivity index (χ1v) is 6.33. The van der Waals surface area contributed by atoms with Gasteiger partial charge in [-0.2, -0.15) is 0 Å². The Morgan fingerprint density at radius 2 is 1.95 bits per heavy atom. The maximum atomic E-state index is 12.1. The molecule has 1 amide bonds. The van der Waals surface area contributed by atoms with Crippen LogP contribution >= 0.6 is 0 Å². The molecule has 0 aliphatic rings. The molecule has 4 nitrogen and oxygen atoms in total. The molecule has 0 bridgehead atoms. The van der Waals surface area contributed by atoms with Gasteiger partial charge in [0.05, 0.1) is 11.2 Å². The Morgan fingerprint density at radius 3 is 2.75 bits per heavy atom. The summed E-state index contributed by atoms with van der Waals surface area (Å²) in [6.45, 7) is 1.94. The number of aromatic nitrogens is 2. The average Bonchev–Trinajstić information content (AvgIpc) is 2.48. The molecule has 4 heteroatoms. The number of amides is 1. The van der Waals surface area contributed by atoms with E-state index >= 15 is 0 Å². The monoisotopic (exact) mass is 263 g/mol. The van der Waals surface area contributed by atoms with Crippen LogP contribution in [0, 0.1) is 6.92 Å². The van der Waals surface area contributed by atoms with Crippen LogP contribution in [-0.4, -0.2) is 15.9 Å². The predicted octanol–water partition coefficient (Wildman–Crippen LogP) is 3.19. The van der Waals surface area contributed by atoms with Crippen molar-refractivity contribution in [2.24, 2.45) is 0 Å². The van der Waals surface area contributed by atoms with Gasteiger partial charge in [0.15, 0.2) is 0 Å². The minimum absolute atomic E-state index is 0.223. The van der Waals surface area contributed by atoms with Gasteiger partial charge >= 0.3 is 0 Å². The number of carbonyl (C=O) groups is 1. The highest BCUT2D eigenvalue weighted by Gasteiger charge is 2.09. The summed E-state index contributed by atoms with van der Waals surface area (Å²) in [5, 5.41) is 3.80. The van der Waals surface area contributed by atoms with Gasteiger partial charge < -0.3 is 5.32 Å². The number of benzene rings is 1. The molecule has 0 aliphatic carbocycles. The van der Waals surface area contributed by atoms with Crippen molar-refractivity contribution in [3.8, 4) is 0 Å². The quantitative estimate of drug-likeness (QED) is 0.772. The third kappa shape index (κ3) is 2.36. The molecule has 0 radical (unpaired) electrons. The fourth-order valence-electron chi connectivity index (χ4n) is 2.05. The van der Waals surface area contributed by atoms with E-state index in [1.54, 1.807) is 24.4 Å². The lowest BCUT2D eigenvalue weighted by atomic mass is 10.1. The van der Waals surface area contributed by atoms with Crippen molar-refractivity contribution in [3.63, 3.8) is 0 Å². The van der Waals surface area contributed by atoms with Crippen LogP contribution in [0.5, 0.6) is 0 Å². The third-order valence-corrected chi connectivity index (χ3v) is 3.02. The van der Waals surface area contributed by atoms with Crippen molar-refractivity contribution >= 4 is 22.5 Å². The Bertz CT molecular complexity index is 769. The molecule has 1 aromatic carbocycles. The summed E-state index contributed by atoms with van der Waals surface area (Å²) in [5.74, 6) is -0.223. The number of hydrogen-bond acceptors (Lipinski definition) is 3. The lowest BCUT2D eigenvalue weighted by Crippen LogP contribution is -2.13. The molecule has 0 atom stereocenters. The molecular weight excluding hydrogens is 250 g/mol. The van der Waals surface area contributed by atoms with Crippen LogP contribution in [0.15, 0.2) is 54.7 Å². The van der Waals surface area contributed by atoms with E-state index in [-0.39, 0.29) is 5.91 Å². The zero-order chi connectivity index (χ0) is 13.9. The first-order chi connectivity index (χ1) is 9.74. The maximum Gasteiger partial charge on any atom is 0.274 e. The van der Waals surface area contributed by atoms with E-state index in [1.165, 1.54) is 0 Å². The van der Waals surface area contributed by atoms with Gasteiger partial charge in [0, 0.05) is 17.3 Å². The number of pyridine rings is 2. The number of carbonyl (C=O) groups excluding carboxylic acids is 1. The first-order valence-electron chi connectivity index (χ1n) is 6.33. The van der Waals surface area contributed by atoms with Crippen molar-refractivity contribution < 1.29 is 4.79 Å². The molecule has 3 rings (SSSR count). The van der Waals surface area contributed by atoms with Gasteiger partial charge in [-0.15, -0.1) is 0 Å². The van der Waals surface area contributed by atoms with Gasteiger partial charge in [-0.05, 0) is 43.3 Å². The Balaban J connectivity index is 1.97. The van der Waals surface area contributed by atoms with Crippen molar-refractivity contribution in [2.45, 2.75) is 6.92 Å². The van der Waals surface area contributed by atoms with E-state index in [4.69, 9.17) is 0 Å². The molecule has 0 unspecified atom stereocenters. The zero-order valence-corrected chi connectivity index (χ0v) is 11.0. The van der Waals surface area contributed by atoms with Crippen LogP contribution in [0.1, 0.15) is 16.2 Å². The summed E-state index contributed by atoms with van der Waals surface area (Å²) in [7, 11) is 0. The fraction of sp³-hybridized carbons (Fsp3) is 0.0625. The highest BCUT2D eigenvalue weighted by atomic mass is 16.1. The average molecular weight is 263 g/mol. The number of hydrogen-bond donors (Lipinski definition) is 1. The van der Waals surface area contributed by atoms with Crippen LogP contribution in [0.3, 0.4) is 0 Å². The van der Waals surface area contributed by atoms with Gasteiger partial charge in [-0.1, -0.05) is 12.1 Å². The molecule has 20 heavy (non-hydrogen) atoms. The van der Waals surface area contributed by atoms with E-state index in [1.807, 2.05) is 37.3 Å². The lowest BCUT2D eigenvalue weighted by molar-refractivity contribution is 0.102.